The average molecular weight is 542 g/mol. The number of amides is 1. The predicted molar refractivity (Wildman–Crippen MR) is 133 cm³/mol. The Morgan fingerprint density at radius 3 is 2.51 bits per heavy atom. The first-order chi connectivity index (χ1) is 17.6. The third-order valence-electron chi connectivity index (χ3n) is 7.07. The molecule has 1 aliphatic heterocycles. The van der Waals surface area contributed by atoms with E-state index in [0.29, 0.717) is 43.3 Å². The van der Waals surface area contributed by atoms with E-state index >= 15 is 0 Å². The largest absolute Gasteiger partial charge is 0.415 e. The summed E-state index contributed by atoms with van der Waals surface area (Å²) >= 11 is 6.01. The Balaban J connectivity index is 1.41. The Morgan fingerprint density at radius 1 is 1.19 bits per heavy atom. The van der Waals surface area contributed by atoms with Crippen LogP contribution in [-0.2, 0) is 4.79 Å². The van der Waals surface area contributed by atoms with Crippen LogP contribution in [0.1, 0.15) is 54.5 Å². The van der Waals surface area contributed by atoms with Gasteiger partial charge < -0.3 is 25.3 Å². The number of alkyl halides is 3. The van der Waals surface area contributed by atoms with Gasteiger partial charge in [-0.2, -0.15) is 13.2 Å². The maximum absolute atomic E-state index is 13.6. The summed E-state index contributed by atoms with van der Waals surface area (Å²) in [5.41, 5.74) is 2.36. The summed E-state index contributed by atoms with van der Waals surface area (Å²) in [6, 6.07) is 6.87. The molecular weight excluding hydrogens is 511 g/mol. The third-order valence-corrected chi connectivity index (χ3v) is 7.32. The second-order valence-electron chi connectivity index (χ2n) is 9.62. The number of aliphatic hydroxyl groups excluding tert-OH is 2. The van der Waals surface area contributed by atoms with Crippen molar-refractivity contribution in [2.75, 3.05) is 44.2 Å². The van der Waals surface area contributed by atoms with Crippen LogP contribution in [0.15, 0.2) is 30.6 Å². The Morgan fingerprint density at radius 2 is 1.86 bits per heavy atom. The highest BCUT2D eigenvalue weighted by atomic mass is 35.5. The molecule has 0 bridgehead atoms. The number of piperazine rings is 1. The molecule has 1 aliphatic carbocycles. The van der Waals surface area contributed by atoms with Gasteiger partial charge in [-0.05, 0) is 43.0 Å². The minimum absolute atomic E-state index is 0.114. The number of aliphatic hydroxyl groups is 2. The fourth-order valence-electron chi connectivity index (χ4n) is 5.04. The average Bonchev–Trinajstić information content (AvgIpc) is 3.17. The quantitative estimate of drug-likeness (QED) is 0.442. The van der Waals surface area contributed by atoms with Gasteiger partial charge in [0, 0.05) is 43.3 Å². The van der Waals surface area contributed by atoms with Crippen LogP contribution < -0.4 is 10.2 Å². The van der Waals surface area contributed by atoms with E-state index < -0.39 is 30.8 Å². The van der Waals surface area contributed by atoms with Gasteiger partial charge in [-0.3, -0.25) is 4.79 Å². The highest BCUT2D eigenvalue weighted by Gasteiger charge is 2.38. The number of carbonyl (C=O) groups excluding carboxylic acids is 1. The lowest BCUT2D eigenvalue weighted by molar-refractivity contribution is -0.201. The van der Waals surface area contributed by atoms with Crippen molar-refractivity contribution in [2.24, 2.45) is 0 Å². The van der Waals surface area contributed by atoms with Crippen molar-refractivity contribution >= 4 is 23.3 Å². The molecule has 37 heavy (non-hydrogen) atoms. The van der Waals surface area contributed by atoms with Crippen LogP contribution in [0.2, 0.25) is 5.02 Å². The van der Waals surface area contributed by atoms with Crippen LogP contribution in [0.4, 0.5) is 19.0 Å². The second-order valence-corrected chi connectivity index (χ2v) is 10.1. The second kappa shape index (κ2) is 11.5. The maximum Gasteiger partial charge on any atom is 0.415 e. The molecule has 1 saturated heterocycles. The summed E-state index contributed by atoms with van der Waals surface area (Å²) in [5, 5.41) is 22.6. The third kappa shape index (κ3) is 6.34. The zero-order valence-electron chi connectivity index (χ0n) is 20.5. The number of hydrogen-bond acceptors (Lipinski definition) is 7. The number of fused-ring (bicyclic) bond motifs is 1. The predicted octanol–water partition coefficient (Wildman–Crippen LogP) is 3.01. The SMILES string of the molecule is C[C@@H]1C[C@@H](O)c2ncnc(N3CCN(C(=O)[C@H](CCNCC(O)C(F)(F)F)c4ccc(Cl)cc4)CC3)c21. The van der Waals surface area contributed by atoms with Gasteiger partial charge in [0.05, 0.1) is 17.7 Å². The molecule has 4 atom stereocenters. The zero-order valence-corrected chi connectivity index (χ0v) is 21.2. The molecule has 1 unspecified atom stereocenters. The normalized spacial score (nSPS) is 21.6. The first kappa shape index (κ1) is 27.6. The molecule has 1 fully saturated rings. The van der Waals surface area contributed by atoms with Crippen molar-refractivity contribution in [3.8, 4) is 0 Å². The van der Waals surface area contributed by atoms with Crippen molar-refractivity contribution in [3.05, 3.63) is 52.4 Å². The zero-order chi connectivity index (χ0) is 26.7. The summed E-state index contributed by atoms with van der Waals surface area (Å²) in [4.78, 5) is 26.2. The van der Waals surface area contributed by atoms with Crippen LogP contribution in [0.5, 0.6) is 0 Å². The monoisotopic (exact) mass is 541 g/mol. The Kier molecular flexibility index (Phi) is 8.57. The molecule has 0 radical (unpaired) electrons. The van der Waals surface area contributed by atoms with Crippen LogP contribution in [0.3, 0.4) is 0 Å². The summed E-state index contributed by atoms with van der Waals surface area (Å²) in [6.45, 7) is 3.56. The number of benzene rings is 1. The summed E-state index contributed by atoms with van der Waals surface area (Å²) < 4.78 is 37.8. The van der Waals surface area contributed by atoms with Gasteiger partial charge in [-0.25, -0.2) is 9.97 Å². The van der Waals surface area contributed by atoms with E-state index in [1.165, 1.54) is 6.33 Å². The summed E-state index contributed by atoms with van der Waals surface area (Å²) in [7, 11) is 0. The standard InChI is InChI=1S/C25H31ClF3N5O3/c1-15-12-19(35)22-21(15)23(32-14-31-22)33-8-10-34(11-9-33)24(37)18(16-2-4-17(26)5-3-16)6-7-30-13-20(36)25(27,28)29/h2-5,14-15,18-20,30,35-36H,6-13H2,1H3/t15-,18-,19-,20?/m1/s1. The lowest BCUT2D eigenvalue weighted by Crippen LogP contribution is -2.50. The van der Waals surface area contributed by atoms with Gasteiger partial charge >= 0.3 is 6.18 Å². The van der Waals surface area contributed by atoms with Gasteiger partial charge in [0.25, 0.3) is 0 Å². The van der Waals surface area contributed by atoms with Gasteiger partial charge in [0.2, 0.25) is 5.91 Å². The van der Waals surface area contributed by atoms with E-state index in [0.717, 1.165) is 16.9 Å². The summed E-state index contributed by atoms with van der Waals surface area (Å²) in [5.74, 6) is 0.246. The van der Waals surface area contributed by atoms with Crippen molar-refractivity contribution in [2.45, 2.75) is 50.0 Å². The number of nitrogens with one attached hydrogen (secondary N) is 1. The molecule has 0 saturated carbocycles. The van der Waals surface area contributed by atoms with Gasteiger partial charge in [-0.1, -0.05) is 30.7 Å². The number of hydrogen-bond donors (Lipinski definition) is 3. The lowest BCUT2D eigenvalue weighted by atomic mass is 9.93. The molecule has 3 N–H and O–H groups in total. The highest BCUT2D eigenvalue weighted by Crippen LogP contribution is 2.42. The molecule has 2 aliphatic rings. The number of rotatable bonds is 8. The first-order valence-electron chi connectivity index (χ1n) is 12.3. The van der Waals surface area contributed by atoms with Crippen molar-refractivity contribution < 1.29 is 28.2 Å². The molecule has 1 amide bonds. The smallest absolute Gasteiger partial charge is 0.387 e. The molecule has 2 aromatic rings. The maximum atomic E-state index is 13.6. The Hall–Kier alpha value is -2.47. The molecule has 1 aromatic heterocycles. The van der Waals surface area contributed by atoms with Crippen LogP contribution in [-0.4, -0.2) is 82.5 Å². The van der Waals surface area contributed by atoms with Crippen molar-refractivity contribution in [3.63, 3.8) is 0 Å². The van der Waals surface area contributed by atoms with Crippen LogP contribution in [0, 0.1) is 0 Å². The first-order valence-corrected chi connectivity index (χ1v) is 12.7. The molecule has 1 aromatic carbocycles. The fourth-order valence-corrected chi connectivity index (χ4v) is 5.17. The van der Waals surface area contributed by atoms with Gasteiger partial charge in [-0.15, -0.1) is 0 Å². The number of halogens is 4. The Bertz CT molecular complexity index is 1080. The van der Waals surface area contributed by atoms with Gasteiger partial charge in [0.1, 0.15) is 12.1 Å². The molecule has 2 heterocycles. The lowest BCUT2D eigenvalue weighted by Gasteiger charge is -2.38. The molecular formula is C25H31ClF3N5O3. The van der Waals surface area contributed by atoms with Crippen molar-refractivity contribution in [1.29, 1.82) is 0 Å². The van der Waals surface area contributed by atoms with E-state index in [2.05, 4.69) is 20.2 Å². The molecule has 0 spiro atoms. The van der Waals surface area contributed by atoms with E-state index in [9.17, 15) is 28.2 Å². The number of anilines is 1. The fraction of sp³-hybridized carbons (Fsp3) is 0.560. The number of nitrogens with zero attached hydrogens (tertiary/aromatic N) is 4. The minimum Gasteiger partial charge on any atom is -0.387 e. The molecule has 8 nitrogen and oxygen atoms in total. The van der Waals surface area contributed by atoms with E-state index in [1.54, 1.807) is 29.2 Å². The number of aromatic nitrogens is 2. The molecule has 12 heteroatoms. The van der Waals surface area contributed by atoms with Crippen molar-refractivity contribution in [1.82, 2.24) is 20.2 Å². The Labute approximate surface area is 218 Å². The highest BCUT2D eigenvalue weighted by molar-refractivity contribution is 6.30. The minimum atomic E-state index is -4.70. The molecule has 4 rings (SSSR count). The van der Waals surface area contributed by atoms with E-state index in [4.69, 9.17) is 11.6 Å². The van der Waals surface area contributed by atoms with Gasteiger partial charge in [0.15, 0.2) is 6.10 Å². The van der Waals surface area contributed by atoms with E-state index in [-0.39, 0.29) is 24.8 Å². The van der Waals surface area contributed by atoms with E-state index in [1.807, 2.05) is 6.92 Å². The topological polar surface area (TPSA) is 102 Å². The number of carbonyl (C=O) groups is 1. The van der Waals surface area contributed by atoms with Crippen LogP contribution >= 0.6 is 11.6 Å². The molecule has 202 valence electrons. The summed E-state index contributed by atoms with van der Waals surface area (Å²) in [6.07, 6.45) is -5.42. The van der Waals surface area contributed by atoms with Crippen LogP contribution in [0.25, 0.3) is 0 Å².